The molecule has 1 rings (SSSR count). The highest BCUT2D eigenvalue weighted by molar-refractivity contribution is 7.85. The van der Waals surface area contributed by atoms with Gasteiger partial charge in [-0.3, -0.25) is 4.21 Å². The summed E-state index contributed by atoms with van der Waals surface area (Å²) in [7, 11) is 3.00. The molecular formula is C11H18N2OS. The van der Waals surface area contributed by atoms with E-state index in [0.717, 1.165) is 17.0 Å². The Morgan fingerprint density at radius 3 is 2.67 bits per heavy atom. The summed E-state index contributed by atoms with van der Waals surface area (Å²) < 4.78 is 12.0. The SMILES string of the molecule is Cc1c(N)cccc1S(=O)CCN(C)C. The summed E-state index contributed by atoms with van der Waals surface area (Å²) >= 11 is 0. The third-order valence-electron chi connectivity index (χ3n) is 2.30. The molecule has 0 aliphatic heterocycles. The van der Waals surface area contributed by atoms with Crippen molar-refractivity contribution >= 4 is 16.5 Å². The van der Waals surface area contributed by atoms with E-state index in [1.54, 1.807) is 0 Å². The highest BCUT2D eigenvalue weighted by Crippen LogP contribution is 2.18. The van der Waals surface area contributed by atoms with Gasteiger partial charge in [0.05, 0.1) is 10.8 Å². The quantitative estimate of drug-likeness (QED) is 0.786. The van der Waals surface area contributed by atoms with Gasteiger partial charge >= 0.3 is 0 Å². The van der Waals surface area contributed by atoms with Crippen molar-refractivity contribution in [1.29, 1.82) is 0 Å². The molecule has 0 aromatic heterocycles. The summed E-state index contributed by atoms with van der Waals surface area (Å²) in [6.45, 7) is 2.74. The predicted molar refractivity (Wildman–Crippen MR) is 65.4 cm³/mol. The number of nitrogens with two attached hydrogens (primary N) is 1. The highest BCUT2D eigenvalue weighted by atomic mass is 32.2. The minimum Gasteiger partial charge on any atom is -0.398 e. The van der Waals surface area contributed by atoms with E-state index in [2.05, 4.69) is 0 Å². The van der Waals surface area contributed by atoms with E-state index in [1.807, 2.05) is 44.1 Å². The first kappa shape index (κ1) is 12.2. The molecule has 0 spiro atoms. The minimum absolute atomic E-state index is 0.650. The fourth-order valence-corrected chi connectivity index (χ4v) is 2.69. The Morgan fingerprint density at radius 1 is 1.40 bits per heavy atom. The summed E-state index contributed by atoms with van der Waals surface area (Å²) in [6.07, 6.45) is 0. The molecule has 0 heterocycles. The number of anilines is 1. The highest BCUT2D eigenvalue weighted by Gasteiger charge is 2.08. The third-order valence-corrected chi connectivity index (χ3v) is 3.78. The maximum absolute atomic E-state index is 12.0. The Hall–Kier alpha value is -0.870. The van der Waals surface area contributed by atoms with Crippen LogP contribution in [0.2, 0.25) is 0 Å². The molecule has 1 aromatic rings. The van der Waals surface area contributed by atoms with Crippen molar-refractivity contribution in [2.75, 3.05) is 32.1 Å². The zero-order chi connectivity index (χ0) is 11.4. The second kappa shape index (κ2) is 5.28. The Morgan fingerprint density at radius 2 is 2.07 bits per heavy atom. The Labute approximate surface area is 93.7 Å². The number of hydrogen-bond acceptors (Lipinski definition) is 3. The average molecular weight is 226 g/mol. The molecule has 3 nitrogen and oxygen atoms in total. The fraction of sp³-hybridized carbons (Fsp3) is 0.455. The summed E-state index contributed by atoms with van der Waals surface area (Å²) in [5, 5.41) is 0. The molecule has 0 amide bonds. The Kier molecular flexibility index (Phi) is 4.29. The molecule has 0 fully saturated rings. The maximum Gasteiger partial charge on any atom is 0.0545 e. The average Bonchev–Trinajstić information content (AvgIpc) is 2.18. The summed E-state index contributed by atoms with van der Waals surface area (Å²) in [6, 6.07) is 5.57. The van der Waals surface area contributed by atoms with Gasteiger partial charge in [-0.05, 0) is 38.7 Å². The van der Waals surface area contributed by atoms with Crippen LogP contribution in [0.15, 0.2) is 23.1 Å². The van der Waals surface area contributed by atoms with Gasteiger partial charge in [-0.15, -0.1) is 0 Å². The number of nitrogens with zero attached hydrogens (tertiary/aromatic N) is 1. The molecule has 0 saturated carbocycles. The lowest BCUT2D eigenvalue weighted by molar-refractivity contribution is 0.435. The van der Waals surface area contributed by atoms with Gasteiger partial charge in [-0.1, -0.05) is 6.07 Å². The molecule has 1 aromatic carbocycles. The van der Waals surface area contributed by atoms with E-state index >= 15 is 0 Å². The zero-order valence-corrected chi connectivity index (χ0v) is 10.3. The third kappa shape index (κ3) is 3.32. The van der Waals surface area contributed by atoms with Crippen LogP contribution < -0.4 is 5.73 Å². The monoisotopic (exact) mass is 226 g/mol. The first-order valence-electron chi connectivity index (χ1n) is 4.90. The molecule has 84 valence electrons. The van der Waals surface area contributed by atoms with Crippen molar-refractivity contribution in [3.63, 3.8) is 0 Å². The number of hydrogen-bond donors (Lipinski definition) is 1. The van der Waals surface area contributed by atoms with Crippen LogP contribution in [-0.2, 0) is 10.8 Å². The van der Waals surface area contributed by atoms with Crippen LogP contribution >= 0.6 is 0 Å². The van der Waals surface area contributed by atoms with Gasteiger partial charge in [0.1, 0.15) is 0 Å². The van der Waals surface area contributed by atoms with Crippen molar-refractivity contribution in [2.45, 2.75) is 11.8 Å². The van der Waals surface area contributed by atoms with E-state index in [-0.39, 0.29) is 0 Å². The van der Waals surface area contributed by atoms with Gasteiger partial charge in [-0.25, -0.2) is 0 Å². The predicted octanol–water partition coefficient (Wildman–Crippen LogP) is 1.25. The molecule has 1 atom stereocenters. The first-order chi connectivity index (χ1) is 7.02. The standard InChI is InChI=1S/C11H18N2OS/c1-9-10(12)5-4-6-11(9)15(14)8-7-13(2)3/h4-6H,7-8,12H2,1-3H3. The molecule has 1 unspecified atom stereocenters. The summed E-state index contributed by atoms with van der Waals surface area (Å²) in [5.41, 5.74) is 7.42. The molecule has 0 radical (unpaired) electrons. The van der Waals surface area contributed by atoms with Crippen LogP contribution in [0.3, 0.4) is 0 Å². The van der Waals surface area contributed by atoms with Crippen LogP contribution in [-0.4, -0.2) is 35.5 Å². The summed E-state index contributed by atoms with van der Waals surface area (Å²) in [4.78, 5) is 2.89. The van der Waals surface area contributed by atoms with Gasteiger partial charge < -0.3 is 10.6 Å². The lowest BCUT2D eigenvalue weighted by Crippen LogP contribution is -2.19. The van der Waals surface area contributed by atoms with Crippen molar-refractivity contribution in [3.05, 3.63) is 23.8 Å². The largest absolute Gasteiger partial charge is 0.398 e. The van der Waals surface area contributed by atoms with E-state index < -0.39 is 10.8 Å². The lowest BCUT2D eigenvalue weighted by Gasteiger charge is -2.11. The van der Waals surface area contributed by atoms with Crippen LogP contribution in [0.5, 0.6) is 0 Å². The number of benzene rings is 1. The van der Waals surface area contributed by atoms with Crippen molar-refractivity contribution < 1.29 is 4.21 Å². The van der Waals surface area contributed by atoms with E-state index in [9.17, 15) is 4.21 Å². The smallest absolute Gasteiger partial charge is 0.0545 e. The van der Waals surface area contributed by atoms with Crippen LogP contribution in [0.25, 0.3) is 0 Å². The normalized spacial score (nSPS) is 13.1. The molecule has 0 bridgehead atoms. The second-order valence-corrected chi connectivity index (χ2v) is 5.36. The van der Waals surface area contributed by atoms with Gasteiger partial charge in [0, 0.05) is 22.9 Å². The molecular weight excluding hydrogens is 208 g/mol. The molecule has 4 heteroatoms. The first-order valence-corrected chi connectivity index (χ1v) is 6.22. The van der Waals surface area contributed by atoms with E-state index in [1.165, 1.54) is 0 Å². The van der Waals surface area contributed by atoms with E-state index in [4.69, 9.17) is 5.73 Å². The lowest BCUT2D eigenvalue weighted by atomic mass is 10.2. The van der Waals surface area contributed by atoms with Crippen molar-refractivity contribution in [1.82, 2.24) is 4.90 Å². The summed E-state index contributed by atoms with van der Waals surface area (Å²) in [5.74, 6) is 0.650. The Bertz CT molecular complexity index is 364. The zero-order valence-electron chi connectivity index (χ0n) is 9.49. The van der Waals surface area contributed by atoms with Gasteiger partial charge in [0.25, 0.3) is 0 Å². The maximum atomic E-state index is 12.0. The molecule has 0 aliphatic rings. The fourth-order valence-electron chi connectivity index (χ4n) is 1.25. The van der Waals surface area contributed by atoms with E-state index in [0.29, 0.717) is 11.4 Å². The number of rotatable bonds is 4. The van der Waals surface area contributed by atoms with Gasteiger partial charge in [-0.2, -0.15) is 0 Å². The van der Waals surface area contributed by atoms with Crippen LogP contribution in [0.1, 0.15) is 5.56 Å². The second-order valence-electron chi connectivity index (χ2n) is 3.82. The topological polar surface area (TPSA) is 46.3 Å². The van der Waals surface area contributed by atoms with Gasteiger partial charge in [0.2, 0.25) is 0 Å². The molecule has 15 heavy (non-hydrogen) atoms. The van der Waals surface area contributed by atoms with Crippen LogP contribution in [0.4, 0.5) is 5.69 Å². The van der Waals surface area contributed by atoms with Crippen molar-refractivity contribution in [2.24, 2.45) is 0 Å². The van der Waals surface area contributed by atoms with Crippen LogP contribution in [0, 0.1) is 6.92 Å². The minimum atomic E-state index is -0.948. The number of nitrogen functional groups attached to an aromatic ring is 1. The Balaban J connectivity index is 2.78. The molecule has 2 N–H and O–H groups in total. The van der Waals surface area contributed by atoms with Crippen molar-refractivity contribution in [3.8, 4) is 0 Å². The molecule has 0 aliphatic carbocycles. The van der Waals surface area contributed by atoms with Gasteiger partial charge in [0.15, 0.2) is 0 Å². The molecule has 0 saturated heterocycles.